The minimum atomic E-state index is -4.21. The van der Waals surface area contributed by atoms with E-state index in [9.17, 15) is 13.2 Å². The lowest BCUT2D eigenvalue weighted by atomic mass is 9.78. The molecule has 0 bridgehead atoms. The van der Waals surface area contributed by atoms with Gasteiger partial charge in [-0.2, -0.15) is 13.2 Å². The summed E-state index contributed by atoms with van der Waals surface area (Å²) in [6.07, 6.45) is -0.164. The lowest BCUT2D eigenvalue weighted by molar-refractivity contribution is -0.0902. The summed E-state index contributed by atoms with van der Waals surface area (Å²) in [7, 11) is 0. The van der Waals surface area contributed by atoms with Gasteiger partial charge in [0.15, 0.2) is 0 Å². The molecule has 0 spiro atoms. The van der Waals surface area contributed by atoms with Gasteiger partial charge in [0.05, 0.1) is 5.57 Å². The van der Waals surface area contributed by atoms with Crippen molar-refractivity contribution in [1.82, 2.24) is 0 Å². The van der Waals surface area contributed by atoms with E-state index in [-0.39, 0.29) is 0 Å². The number of halogens is 3. The monoisotopic (exact) mass is 204 g/mol. The van der Waals surface area contributed by atoms with Crippen LogP contribution in [0.4, 0.5) is 13.2 Å². The Morgan fingerprint density at radius 1 is 1.14 bits per heavy atom. The van der Waals surface area contributed by atoms with Gasteiger partial charge in [-0.05, 0) is 18.3 Å². The summed E-state index contributed by atoms with van der Waals surface area (Å²) in [4.78, 5) is 0. The van der Waals surface area contributed by atoms with Crippen LogP contribution < -0.4 is 0 Å². The molecule has 0 unspecified atom stereocenters. The molecule has 1 aliphatic carbocycles. The van der Waals surface area contributed by atoms with E-state index < -0.39 is 17.2 Å². The van der Waals surface area contributed by atoms with E-state index in [1.807, 2.05) is 20.8 Å². The molecule has 0 saturated carbocycles. The molecule has 14 heavy (non-hydrogen) atoms. The van der Waals surface area contributed by atoms with Gasteiger partial charge in [-0.15, -0.1) is 0 Å². The van der Waals surface area contributed by atoms with Gasteiger partial charge in [0, 0.05) is 0 Å². The minimum absolute atomic E-state index is 0.393. The fraction of sp³-hybridized carbons (Fsp3) is 0.636. The van der Waals surface area contributed by atoms with E-state index in [4.69, 9.17) is 0 Å². The van der Waals surface area contributed by atoms with Crippen molar-refractivity contribution in [3.8, 4) is 0 Å². The second-order valence-electron chi connectivity index (χ2n) is 4.58. The van der Waals surface area contributed by atoms with Crippen molar-refractivity contribution in [2.75, 3.05) is 0 Å². The summed E-state index contributed by atoms with van der Waals surface area (Å²) < 4.78 is 37.8. The van der Waals surface area contributed by atoms with E-state index in [0.717, 1.165) is 0 Å². The normalized spacial score (nSPS) is 19.0. The molecular formula is C11H15F3. The summed E-state index contributed by atoms with van der Waals surface area (Å²) >= 11 is 0. The smallest absolute Gasteiger partial charge is 0.166 e. The number of allylic oxidation sites excluding steroid dienone is 4. The first-order valence-electron chi connectivity index (χ1n) is 4.70. The molecule has 0 aromatic heterocycles. The van der Waals surface area contributed by atoms with Crippen LogP contribution in [0.25, 0.3) is 0 Å². The lowest BCUT2D eigenvalue weighted by Gasteiger charge is -2.28. The molecule has 1 rings (SSSR count). The molecule has 0 heterocycles. The van der Waals surface area contributed by atoms with Crippen molar-refractivity contribution in [2.45, 2.75) is 39.8 Å². The largest absolute Gasteiger partial charge is 0.416 e. The van der Waals surface area contributed by atoms with Crippen LogP contribution in [-0.2, 0) is 0 Å². The first-order valence-corrected chi connectivity index (χ1v) is 4.70. The Labute approximate surface area is 82.5 Å². The summed E-state index contributed by atoms with van der Waals surface area (Å²) in [5, 5.41) is 0. The molecule has 3 heteroatoms. The highest BCUT2D eigenvalue weighted by Crippen LogP contribution is 2.41. The van der Waals surface area contributed by atoms with Gasteiger partial charge in [0.25, 0.3) is 0 Å². The van der Waals surface area contributed by atoms with E-state index >= 15 is 0 Å². The number of hydrogen-bond acceptors (Lipinski definition) is 0. The highest BCUT2D eigenvalue weighted by Gasteiger charge is 2.37. The van der Waals surface area contributed by atoms with Crippen LogP contribution in [-0.4, -0.2) is 6.18 Å². The molecule has 0 aliphatic heterocycles. The number of hydrogen-bond donors (Lipinski definition) is 0. The highest BCUT2D eigenvalue weighted by molar-refractivity contribution is 5.36. The molecule has 0 aromatic rings. The van der Waals surface area contributed by atoms with Crippen molar-refractivity contribution in [2.24, 2.45) is 5.41 Å². The van der Waals surface area contributed by atoms with E-state index in [1.165, 1.54) is 6.08 Å². The van der Waals surface area contributed by atoms with Gasteiger partial charge < -0.3 is 0 Å². The van der Waals surface area contributed by atoms with Crippen molar-refractivity contribution in [3.05, 3.63) is 23.3 Å². The van der Waals surface area contributed by atoms with Crippen molar-refractivity contribution in [3.63, 3.8) is 0 Å². The average molecular weight is 204 g/mol. The molecule has 0 saturated heterocycles. The fourth-order valence-electron chi connectivity index (χ4n) is 1.71. The van der Waals surface area contributed by atoms with Gasteiger partial charge in [-0.25, -0.2) is 0 Å². The Kier molecular flexibility index (Phi) is 2.79. The molecule has 1 aliphatic rings. The summed E-state index contributed by atoms with van der Waals surface area (Å²) in [5.74, 6) is 0. The first kappa shape index (κ1) is 11.3. The molecular weight excluding hydrogens is 189 g/mol. The molecule has 80 valence electrons. The Hall–Kier alpha value is -0.730. The molecule has 0 nitrogen and oxygen atoms in total. The van der Waals surface area contributed by atoms with Crippen molar-refractivity contribution < 1.29 is 13.2 Å². The third kappa shape index (κ3) is 2.40. The van der Waals surface area contributed by atoms with Crippen LogP contribution in [0.1, 0.15) is 33.6 Å². The highest BCUT2D eigenvalue weighted by atomic mass is 19.4. The third-order valence-corrected chi connectivity index (χ3v) is 2.38. The molecule has 0 aromatic carbocycles. The second kappa shape index (κ2) is 3.44. The zero-order valence-corrected chi connectivity index (χ0v) is 8.70. The van der Waals surface area contributed by atoms with Gasteiger partial charge >= 0.3 is 6.18 Å². The Morgan fingerprint density at radius 3 is 2.07 bits per heavy atom. The van der Waals surface area contributed by atoms with Crippen LogP contribution in [0.15, 0.2) is 23.3 Å². The molecule has 0 radical (unpaired) electrons. The third-order valence-electron chi connectivity index (χ3n) is 2.38. The predicted octanol–water partition coefficient (Wildman–Crippen LogP) is 4.24. The maximum Gasteiger partial charge on any atom is 0.416 e. The standard InChI is InChI=1S/C11H15F3/c1-10(2,3)8-6-4-5-7-9(8)11(12,13)14/h5,7H,4,6H2,1-3H3. The van der Waals surface area contributed by atoms with Gasteiger partial charge in [0.1, 0.15) is 0 Å². The lowest BCUT2D eigenvalue weighted by Crippen LogP contribution is -2.21. The van der Waals surface area contributed by atoms with E-state index in [2.05, 4.69) is 0 Å². The summed E-state index contributed by atoms with van der Waals surface area (Å²) in [5.41, 5.74) is -0.320. The zero-order valence-electron chi connectivity index (χ0n) is 8.70. The van der Waals surface area contributed by atoms with Crippen molar-refractivity contribution >= 4 is 0 Å². The van der Waals surface area contributed by atoms with Gasteiger partial charge in [0.2, 0.25) is 0 Å². The van der Waals surface area contributed by atoms with Gasteiger partial charge in [-0.1, -0.05) is 38.5 Å². The van der Waals surface area contributed by atoms with Crippen molar-refractivity contribution in [1.29, 1.82) is 0 Å². The maximum atomic E-state index is 12.6. The topological polar surface area (TPSA) is 0 Å². The Morgan fingerprint density at radius 2 is 1.71 bits per heavy atom. The summed E-state index contributed by atoms with van der Waals surface area (Å²) in [6, 6.07) is 0. The average Bonchev–Trinajstić information content (AvgIpc) is 2.01. The van der Waals surface area contributed by atoms with Gasteiger partial charge in [-0.3, -0.25) is 0 Å². The Bertz CT molecular complexity index is 274. The zero-order chi connectivity index (χ0) is 11.0. The predicted molar refractivity (Wildman–Crippen MR) is 50.9 cm³/mol. The quantitative estimate of drug-likeness (QED) is 0.553. The van der Waals surface area contributed by atoms with Crippen LogP contribution in [0.3, 0.4) is 0 Å². The van der Waals surface area contributed by atoms with Crippen LogP contribution >= 0.6 is 0 Å². The molecule has 0 amide bonds. The maximum absolute atomic E-state index is 12.6. The van der Waals surface area contributed by atoms with E-state index in [1.54, 1.807) is 6.08 Å². The minimum Gasteiger partial charge on any atom is -0.166 e. The molecule has 0 N–H and O–H groups in total. The van der Waals surface area contributed by atoms with Crippen LogP contribution in [0.5, 0.6) is 0 Å². The van der Waals surface area contributed by atoms with Crippen LogP contribution in [0, 0.1) is 5.41 Å². The first-order chi connectivity index (χ1) is 6.23. The molecule has 0 fully saturated rings. The Balaban J connectivity index is 3.18. The second-order valence-corrected chi connectivity index (χ2v) is 4.58. The number of alkyl halides is 3. The van der Waals surface area contributed by atoms with E-state index in [0.29, 0.717) is 18.4 Å². The van der Waals surface area contributed by atoms with Crippen LogP contribution in [0.2, 0.25) is 0 Å². The molecule has 0 atom stereocenters. The fourth-order valence-corrected chi connectivity index (χ4v) is 1.71. The SMILES string of the molecule is CC(C)(C)C1=C(C(F)(F)F)C=CCC1. The summed E-state index contributed by atoms with van der Waals surface area (Å²) in [6.45, 7) is 5.48. The number of rotatable bonds is 0.